The zero-order chi connectivity index (χ0) is 9.10. The minimum Gasteiger partial charge on any atom is -0.508 e. The summed E-state index contributed by atoms with van der Waals surface area (Å²) in [7, 11) is 0. The van der Waals surface area contributed by atoms with Crippen LogP contribution in [0.1, 0.15) is 0 Å². The van der Waals surface area contributed by atoms with Crippen LogP contribution in [-0.4, -0.2) is 5.11 Å². The summed E-state index contributed by atoms with van der Waals surface area (Å²) in [5.41, 5.74) is 2.29. The molecule has 0 heterocycles. The third-order valence-electron chi connectivity index (χ3n) is 1.97. The van der Waals surface area contributed by atoms with Crippen molar-refractivity contribution < 1.29 is 21.6 Å². The van der Waals surface area contributed by atoms with Crippen molar-refractivity contribution in [3.8, 4) is 16.9 Å². The van der Waals surface area contributed by atoms with E-state index in [2.05, 4.69) is 0 Å². The summed E-state index contributed by atoms with van der Waals surface area (Å²) in [6, 6.07) is 17.3. The van der Waals surface area contributed by atoms with Gasteiger partial charge < -0.3 is 5.11 Å². The van der Waals surface area contributed by atoms with Crippen LogP contribution in [0.3, 0.4) is 0 Å². The van der Waals surface area contributed by atoms with E-state index in [1.807, 2.05) is 42.5 Å². The third-order valence-corrected chi connectivity index (χ3v) is 1.97. The van der Waals surface area contributed by atoms with E-state index in [4.69, 9.17) is 5.11 Å². The van der Waals surface area contributed by atoms with Crippen molar-refractivity contribution in [2.45, 2.75) is 0 Å². The Labute approximate surface area is 93.3 Å². The molecule has 1 N–H and O–H groups in total. The van der Waals surface area contributed by atoms with E-state index in [-0.39, 0.29) is 16.5 Å². The maximum atomic E-state index is 9.10. The van der Waals surface area contributed by atoms with Crippen LogP contribution in [0.15, 0.2) is 54.6 Å². The van der Waals surface area contributed by atoms with E-state index in [0.29, 0.717) is 5.75 Å². The normalized spacial score (nSPS) is 9.14. The van der Waals surface area contributed by atoms with Crippen LogP contribution in [0, 0.1) is 0 Å². The van der Waals surface area contributed by atoms with Gasteiger partial charge in [-0.3, -0.25) is 0 Å². The van der Waals surface area contributed by atoms with Gasteiger partial charge >= 0.3 is 0 Å². The summed E-state index contributed by atoms with van der Waals surface area (Å²) in [4.78, 5) is 0. The summed E-state index contributed by atoms with van der Waals surface area (Å²) in [6.07, 6.45) is 0. The molecular formula is C12H10NiO. The number of phenols is 1. The first-order valence-electron chi connectivity index (χ1n) is 4.21. The summed E-state index contributed by atoms with van der Waals surface area (Å²) < 4.78 is 0. The molecule has 0 saturated heterocycles. The molecule has 2 heteroatoms. The van der Waals surface area contributed by atoms with Crippen LogP contribution in [0.5, 0.6) is 5.75 Å². The number of benzene rings is 2. The summed E-state index contributed by atoms with van der Waals surface area (Å²) in [5.74, 6) is 0.305. The average molecular weight is 229 g/mol. The smallest absolute Gasteiger partial charge is 0.115 e. The molecule has 74 valence electrons. The van der Waals surface area contributed by atoms with Gasteiger partial charge in [0.15, 0.2) is 0 Å². The molecule has 0 amide bonds. The number of hydrogen-bond acceptors (Lipinski definition) is 1. The quantitative estimate of drug-likeness (QED) is 0.745. The monoisotopic (exact) mass is 228 g/mol. The second kappa shape index (κ2) is 4.83. The molecule has 0 aliphatic heterocycles. The van der Waals surface area contributed by atoms with Gasteiger partial charge in [0.25, 0.3) is 0 Å². The minimum absolute atomic E-state index is 0. The fraction of sp³-hybridized carbons (Fsp3) is 0. The molecule has 0 radical (unpaired) electrons. The van der Waals surface area contributed by atoms with Crippen LogP contribution in [-0.2, 0) is 16.5 Å². The van der Waals surface area contributed by atoms with Gasteiger partial charge in [0.2, 0.25) is 0 Å². The number of hydrogen-bond donors (Lipinski definition) is 1. The number of aromatic hydroxyl groups is 1. The minimum atomic E-state index is 0. The molecule has 0 saturated carbocycles. The Morgan fingerprint density at radius 1 is 0.643 bits per heavy atom. The number of rotatable bonds is 1. The van der Waals surface area contributed by atoms with Crippen molar-refractivity contribution in [2.75, 3.05) is 0 Å². The van der Waals surface area contributed by atoms with Gasteiger partial charge in [-0.15, -0.1) is 0 Å². The molecule has 0 fully saturated rings. The predicted molar refractivity (Wildman–Crippen MR) is 53.5 cm³/mol. The van der Waals surface area contributed by atoms with Crippen LogP contribution in [0.25, 0.3) is 11.1 Å². The van der Waals surface area contributed by atoms with Crippen molar-refractivity contribution >= 4 is 0 Å². The molecule has 0 unspecified atom stereocenters. The molecule has 2 rings (SSSR count). The van der Waals surface area contributed by atoms with Crippen LogP contribution in [0.4, 0.5) is 0 Å². The predicted octanol–water partition coefficient (Wildman–Crippen LogP) is 3.06. The van der Waals surface area contributed by atoms with E-state index < -0.39 is 0 Å². The molecule has 0 spiro atoms. The summed E-state index contributed by atoms with van der Waals surface area (Å²) in [5, 5.41) is 9.10. The topological polar surface area (TPSA) is 20.2 Å². The van der Waals surface area contributed by atoms with E-state index in [1.165, 1.54) is 5.56 Å². The Hall–Kier alpha value is -1.27. The van der Waals surface area contributed by atoms with Crippen molar-refractivity contribution in [3.05, 3.63) is 54.6 Å². The van der Waals surface area contributed by atoms with Gasteiger partial charge in [0.1, 0.15) is 5.75 Å². The zero-order valence-electron chi connectivity index (χ0n) is 7.46. The fourth-order valence-corrected chi connectivity index (χ4v) is 1.28. The first-order chi connectivity index (χ1) is 6.36. The standard InChI is InChI=1S/C12H10O.Ni/c13-12-8-6-11(7-9-12)10-4-2-1-3-5-10;/h1-9,13H;. The SMILES string of the molecule is Oc1ccc(-c2ccccc2)cc1.[Ni]. The van der Waals surface area contributed by atoms with Crippen LogP contribution in [0.2, 0.25) is 0 Å². The van der Waals surface area contributed by atoms with Crippen molar-refractivity contribution in [1.29, 1.82) is 0 Å². The van der Waals surface area contributed by atoms with Crippen LogP contribution >= 0.6 is 0 Å². The Morgan fingerprint density at radius 2 is 1.14 bits per heavy atom. The van der Waals surface area contributed by atoms with Gasteiger partial charge in [-0.25, -0.2) is 0 Å². The van der Waals surface area contributed by atoms with Crippen molar-refractivity contribution in [3.63, 3.8) is 0 Å². The molecule has 2 aromatic carbocycles. The largest absolute Gasteiger partial charge is 0.508 e. The molecule has 0 aliphatic rings. The molecule has 0 aromatic heterocycles. The van der Waals surface area contributed by atoms with E-state index in [9.17, 15) is 0 Å². The summed E-state index contributed by atoms with van der Waals surface area (Å²) >= 11 is 0. The Kier molecular flexibility index (Phi) is 3.73. The van der Waals surface area contributed by atoms with Crippen LogP contribution < -0.4 is 0 Å². The first kappa shape index (κ1) is 10.8. The Morgan fingerprint density at radius 3 is 1.71 bits per heavy atom. The number of phenolic OH excluding ortho intramolecular Hbond substituents is 1. The van der Waals surface area contributed by atoms with E-state index in [1.54, 1.807) is 12.1 Å². The molecule has 0 atom stereocenters. The Balaban J connectivity index is 0.000000980. The maximum absolute atomic E-state index is 9.10. The van der Waals surface area contributed by atoms with Gasteiger partial charge in [-0.05, 0) is 23.3 Å². The van der Waals surface area contributed by atoms with E-state index >= 15 is 0 Å². The second-order valence-corrected chi connectivity index (χ2v) is 2.91. The molecule has 2 aromatic rings. The van der Waals surface area contributed by atoms with Gasteiger partial charge in [-0.2, -0.15) is 0 Å². The molecule has 0 aliphatic carbocycles. The van der Waals surface area contributed by atoms with Gasteiger partial charge in [-0.1, -0.05) is 42.5 Å². The average Bonchev–Trinajstić information content (AvgIpc) is 2.20. The third kappa shape index (κ3) is 2.37. The van der Waals surface area contributed by atoms with Crippen molar-refractivity contribution in [2.24, 2.45) is 0 Å². The second-order valence-electron chi connectivity index (χ2n) is 2.91. The molecular weight excluding hydrogens is 219 g/mol. The zero-order valence-corrected chi connectivity index (χ0v) is 8.45. The fourth-order valence-electron chi connectivity index (χ4n) is 1.28. The molecule has 0 bridgehead atoms. The first-order valence-corrected chi connectivity index (χ1v) is 4.21. The summed E-state index contributed by atoms with van der Waals surface area (Å²) in [6.45, 7) is 0. The van der Waals surface area contributed by atoms with E-state index in [0.717, 1.165) is 5.56 Å². The Bertz CT molecular complexity index is 381. The molecule has 1 nitrogen and oxygen atoms in total. The molecule has 14 heavy (non-hydrogen) atoms. The van der Waals surface area contributed by atoms with Gasteiger partial charge in [0.05, 0.1) is 0 Å². The van der Waals surface area contributed by atoms with Gasteiger partial charge in [0, 0.05) is 16.5 Å². The van der Waals surface area contributed by atoms with Crippen molar-refractivity contribution in [1.82, 2.24) is 0 Å². The maximum Gasteiger partial charge on any atom is 0.115 e.